The van der Waals surface area contributed by atoms with Crippen molar-refractivity contribution < 1.29 is 9.90 Å². The monoisotopic (exact) mass is 289 g/mol. The summed E-state index contributed by atoms with van der Waals surface area (Å²) < 4.78 is 0. The molecule has 2 rings (SSSR count). The lowest BCUT2D eigenvalue weighted by Crippen LogP contribution is -2.27. The van der Waals surface area contributed by atoms with Gasteiger partial charge < -0.3 is 10.4 Å². The number of carboxylic acids is 1. The molecule has 0 aliphatic carbocycles. The second-order valence-electron chi connectivity index (χ2n) is 5.01. The van der Waals surface area contributed by atoms with Crippen LogP contribution in [0.1, 0.15) is 30.9 Å². The zero-order chi connectivity index (χ0) is 14.9. The number of rotatable bonds is 3. The Morgan fingerprint density at radius 1 is 1.15 bits per heavy atom. The molecule has 0 saturated carbocycles. The van der Waals surface area contributed by atoms with E-state index in [9.17, 15) is 9.90 Å². The molecule has 0 amide bonds. The fourth-order valence-corrected chi connectivity index (χ4v) is 3.45. The highest BCUT2D eigenvalue weighted by Crippen LogP contribution is 2.42. The van der Waals surface area contributed by atoms with Crippen LogP contribution in [0.25, 0.3) is 0 Å². The number of hydrogen-bond acceptors (Lipinski definition) is 3. The molecule has 1 aliphatic heterocycles. The Hall–Kier alpha value is -1.68. The van der Waals surface area contributed by atoms with Gasteiger partial charge in [0.15, 0.2) is 0 Å². The number of aryl methyl sites for hydroxylation is 1. The summed E-state index contributed by atoms with van der Waals surface area (Å²) in [5.74, 6) is -1.05. The molecule has 0 radical (unpaired) electrons. The zero-order valence-corrected chi connectivity index (χ0v) is 13.0. The largest absolute Gasteiger partial charge is 0.478 e. The second kappa shape index (κ2) is 5.75. The summed E-state index contributed by atoms with van der Waals surface area (Å²) in [6.45, 7) is 5.85. The van der Waals surface area contributed by atoms with E-state index in [4.69, 9.17) is 0 Å². The van der Waals surface area contributed by atoms with Crippen molar-refractivity contribution in [2.75, 3.05) is 6.26 Å². The van der Waals surface area contributed by atoms with Crippen LogP contribution < -0.4 is 5.32 Å². The Bertz CT molecular complexity index is 599. The molecule has 1 aliphatic rings. The van der Waals surface area contributed by atoms with Crippen molar-refractivity contribution in [3.8, 4) is 0 Å². The molecule has 0 fully saturated rings. The average molecular weight is 289 g/mol. The Labute approximate surface area is 123 Å². The Morgan fingerprint density at radius 3 is 2.25 bits per heavy atom. The zero-order valence-electron chi connectivity index (χ0n) is 12.2. The third-order valence-electron chi connectivity index (χ3n) is 3.56. The summed E-state index contributed by atoms with van der Waals surface area (Å²) >= 11 is 1.60. The number of allylic oxidation sites excluding steroid dienone is 3. The highest BCUT2D eigenvalue weighted by molar-refractivity contribution is 8.02. The van der Waals surface area contributed by atoms with E-state index in [1.54, 1.807) is 11.8 Å². The van der Waals surface area contributed by atoms with E-state index < -0.39 is 5.97 Å². The summed E-state index contributed by atoms with van der Waals surface area (Å²) in [5, 5.41) is 12.7. The van der Waals surface area contributed by atoms with Gasteiger partial charge in [0.25, 0.3) is 0 Å². The summed E-state index contributed by atoms with van der Waals surface area (Å²) in [6.07, 6.45) is 1.99. The van der Waals surface area contributed by atoms with E-state index in [2.05, 4.69) is 5.32 Å². The lowest BCUT2D eigenvalue weighted by Gasteiger charge is -2.30. The number of nitrogens with one attached hydrogen (secondary N) is 1. The standard InChI is InChI=1S/C16H19NO2S/c1-9-5-7-12(8-6-9)14-13(16(18)19)10(2)17-11(3)15(14)20-4/h5-8,14,17H,1-4H3,(H,18,19). The maximum absolute atomic E-state index is 11.7. The van der Waals surface area contributed by atoms with E-state index in [-0.39, 0.29) is 5.92 Å². The lowest BCUT2D eigenvalue weighted by molar-refractivity contribution is -0.133. The van der Waals surface area contributed by atoms with Gasteiger partial charge in [-0.15, -0.1) is 11.8 Å². The van der Waals surface area contributed by atoms with Gasteiger partial charge in [-0.05, 0) is 32.6 Å². The summed E-state index contributed by atoms with van der Waals surface area (Å²) in [5.41, 5.74) is 4.39. The van der Waals surface area contributed by atoms with E-state index >= 15 is 0 Å². The lowest BCUT2D eigenvalue weighted by atomic mass is 9.86. The second-order valence-corrected chi connectivity index (χ2v) is 5.85. The maximum atomic E-state index is 11.7. The van der Waals surface area contributed by atoms with Gasteiger partial charge in [0.05, 0.1) is 11.5 Å². The predicted octanol–water partition coefficient (Wildman–Crippen LogP) is 3.63. The van der Waals surface area contributed by atoms with E-state index in [0.29, 0.717) is 5.57 Å². The number of thioether (sulfide) groups is 1. The number of hydrogen-bond donors (Lipinski definition) is 2. The van der Waals surface area contributed by atoms with E-state index in [0.717, 1.165) is 21.9 Å². The quantitative estimate of drug-likeness (QED) is 0.892. The molecule has 0 bridgehead atoms. The number of aliphatic carboxylic acids is 1. The molecule has 4 heteroatoms. The molecule has 1 atom stereocenters. The van der Waals surface area contributed by atoms with E-state index in [1.807, 2.05) is 51.3 Å². The Morgan fingerprint density at radius 2 is 1.75 bits per heavy atom. The third kappa shape index (κ3) is 2.61. The van der Waals surface area contributed by atoms with Gasteiger partial charge in [0.2, 0.25) is 0 Å². The van der Waals surface area contributed by atoms with Crippen molar-refractivity contribution >= 4 is 17.7 Å². The molecular weight excluding hydrogens is 270 g/mol. The Kier molecular flexibility index (Phi) is 4.23. The fraction of sp³-hybridized carbons (Fsp3) is 0.312. The van der Waals surface area contributed by atoms with Crippen molar-refractivity contribution in [2.45, 2.75) is 26.7 Å². The number of dihydropyridines is 1. The minimum absolute atomic E-state index is 0.190. The van der Waals surface area contributed by atoms with Gasteiger partial charge in [-0.1, -0.05) is 29.8 Å². The van der Waals surface area contributed by atoms with Crippen LogP contribution in [0, 0.1) is 6.92 Å². The third-order valence-corrected chi connectivity index (χ3v) is 4.54. The number of carbonyl (C=O) groups is 1. The first-order valence-electron chi connectivity index (χ1n) is 6.48. The van der Waals surface area contributed by atoms with Crippen molar-refractivity contribution in [1.82, 2.24) is 5.32 Å². The van der Waals surface area contributed by atoms with Gasteiger partial charge in [-0.3, -0.25) is 0 Å². The van der Waals surface area contributed by atoms with Gasteiger partial charge >= 0.3 is 5.97 Å². The number of benzene rings is 1. The first-order valence-corrected chi connectivity index (χ1v) is 7.70. The minimum Gasteiger partial charge on any atom is -0.478 e. The van der Waals surface area contributed by atoms with Crippen LogP contribution in [-0.2, 0) is 4.79 Å². The summed E-state index contributed by atoms with van der Waals surface area (Å²) in [4.78, 5) is 12.7. The molecule has 20 heavy (non-hydrogen) atoms. The van der Waals surface area contributed by atoms with Crippen molar-refractivity contribution in [3.63, 3.8) is 0 Å². The first-order chi connectivity index (χ1) is 9.45. The topological polar surface area (TPSA) is 49.3 Å². The molecule has 1 aromatic rings. The van der Waals surface area contributed by atoms with Crippen LogP contribution in [0.15, 0.2) is 46.1 Å². The molecule has 1 heterocycles. The van der Waals surface area contributed by atoms with Crippen LogP contribution in [-0.4, -0.2) is 17.3 Å². The molecule has 1 aromatic carbocycles. The summed E-state index contributed by atoms with van der Waals surface area (Å²) in [6, 6.07) is 8.09. The molecule has 1 unspecified atom stereocenters. The van der Waals surface area contributed by atoms with Crippen molar-refractivity contribution in [1.29, 1.82) is 0 Å². The smallest absolute Gasteiger partial charge is 0.334 e. The molecular formula is C16H19NO2S. The van der Waals surface area contributed by atoms with Crippen molar-refractivity contribution in [3.05, 3.63) is 57.3 Å². The summed E-state index contributed by atoms with van der Waals surface area (Å²) in [7, 11) is 0. The van der Waals surface area contributed by atoms with E-state index in [1.165, 1.54) is 5.56 Å². The maximum Gasteiger partial charge on any atom is 0.334 e. The average Bonchev–Trinajstić information content (AvgIpc) is 2.38. The van der Waals surface area contributed by atoms with Gasteiger partial charge in [0, 0.05) is 16.3 Å². The van der Waals surface area contributed by atoms with Crippen LogP contribution >= 0.6 is 11.8 Å². The van der Waals surface area contributed by atoms with Crippen LogP contribution in [0.2, 0.25) is 0 Å². The molecule has 106 valence electrons. The SMILES string of the molecule is CSC1=C(C)NC(C)=C(C(=O)O)C1c1ccc(C)cc1. The predicted molar refractivity (Wildman–Crippen MR) is 83.6 cm³/mol. The normalized spacial score (nSPS) is 19.1. The van der Waals surface area contributed by atoms with Gasteiger partial charge in [0.1, 0.15) is 0 Å². The van der Waals surface area contributed by atoms with Crippen LogP contribution in [0.5, 0.6) is 0 Å². The highest BCUT2D eigenvalue weighted by atomic mass is 32.2. The molecule has 0 aromatic heterocycles. The Balaban J connectivity index is 2.60. The van der Waals surface area contributed by atoms with Crippen LogP contribution in [0.3, 0.4) is 0 Å². The molecule has 2 N–H and O–H groups in total. The van der Waals surface area contributed by atoms with Gasteiger partial charge in [-0.2, -0.15) is 0 Å². The van der Waals surface area contributed by atoms with Crippen LogP contribution in [0.4, 0.5) is 0 Å². The minimum atomic E-state index is -0.861. The molecule has 3 nitrogen and oxygen atoms in total. The van der Waals surface area contributed by atoms with Gasteiger partial charge in [-0.25, -0.2) is 4.79 Å². The first kappa shape index (κ1) is 14.7. The molecule has 0 saturated heterocycles. The highest BCUT2D eigenvalue weighted by Gasteiger charge is 2.32. The number of carboxylic acid groups (broad SMARTS) is 1. The fourth-order valence-electron chi connectivity index (χ4n) is 2.61. The molecule has 0 spiro atoms. The van der Waals surface area contributed by atoms with Crippen molar-refractivity contribution in [2.24, 2.45) is 0 Å².